The monoisotopic (exact) mass is 205 g/mol. The van der Waals surface area contributed by atoms with Crippen LogP contribution in [0.3, 0.4) is 0 Å². The molecule has 2 rings (SSSR count). The predicted octanol–water partition coefficient (Wildman–Crippen LogP) is 2.16. The van der Waals surface area contributed by atoms with Gasteiger partial charge in [0.25, 0.3) is 0 Å². The number of aryl methyl sites for hydroxylation is 1. The van der Waals surface area contributed by atoms with Crippen LogP contribution >= 0.6 is 0 Å². The fraction of sp³-hybridized carbons (Fsp3) is 0.538. The number of hydrogen-bond acceptors (Lipinski definition) is 2. The molecule has 1 N–H and O–H groups in total. The number of benzene rings is 1. The van der Waals surface area contributed by atoms with Crippen molar-refractivity contribution in [1.29, 1.82) is 0 Å². The highest BCUT2D eigenvalue weighted by molar-refractivity contribution is 5.36. The van der Waals surface area contributed by atoms with Gasteiger partial charge in [-0.3, -0.25) is 0 Å². The molecular weight excluding hydrogens is 186 g/mol. The van der Waals surface area contributed by atoms with Crippen molar-refractivity contribution in [1.82, 2.24) is 5.32 Å². The molecule has 0 saturated carbocycles. The zero-order chi connectivity index (χ0) is 10.7. The Bertz CT molecular complexity index is 329. The molecule has 1 aliphatic heterocycles. The summed E-state index contributed by atoms with van der Waals surface area (Å²) in [6, 6.07) is 6.54. The van der Waals surface area contributed by atoms with E-state index in [0.29, 0.717) is 0 Å². The number of rotatable bonds is 3. The summed E-state index contributed by atoms with van der Waals surface area (Å²) in [5, 5.41) is 3.40. The van der Waals surface area contributed by atoms with Gasteiger partial charge in [0.05, 0.1) is 7.11 Å². The molecule has 0 aromatic heterocycles. The maximum Gasteiger partial charge on any atom is 0.122 e. The Balaban J connectivity index is 2.07. The minimum atomic E-state index is 0.803. The van der Waals surface area contributed by atoms with E-state index in [-0.39, 0.29) is 0 Å². The van der Waals surface area contributed by atoms with Crippen molar-refractivity contribution in [3.8, 4) is 5.75 Å². The summed E-state index contributed by atoms with van der Waals surface area (Å²) in [5.41, 5.74) is 2.61. The van der Waals surface area contributed by atoms with E-state index in [1.54, 1.807) is 7.11 Å². The second kappa shape index (κ2) is 4.67. The summed E-state index contributed by atoms with van der Waals surface area (Å²) in [6.45, 7) is 4.42. The van der Waals surface area contributed by atoms with Gasteiger partial charge in [0, 0.05) is 0 Å². The van der Waals surface area contributed by atoms with Crippen molar-refractivity contribution >= 4 is 0 Å². The van der Waals surface area contributed by atoms with Gasteiger partial charge in [0.2, 0.25) is 0 Å². The summed E-state index contributed by atoms with van der Waals surface area (Å²) < 4.78 is 5.33. The van der Waals surface area contributed by atoms with E-state index in [4.69, 9.17) is 4.74 Å². The molecule has 2 heteroatoms. The lowest BCUT2D eigenvalue weighted by Crippen LogP contribution is -2.10. The van der Waals surface area contributed by atoms with Crippen molar-refractivity contribution in [3.05, 3.63) is 29.3 Å². The van der Waals surface area contributed by atoms with Crippen molar-refractivity contribution in [2.45, 2.75) is 19.8 Å². The molecule has 2 nitrogen and oxygen atoms in total. The summed E-state index contributed by atoms with van der Waals surface area (Å²) in [5.74, 6) is 1.82. The first-order valence-electron chi connectivity index (χ1n) is 5.64. The van der Waals surface area contributed by atoms with E-state index >= 15 is 0 Å². The Kier molecular flexibility index (Phi) is 3.27. The minimum Gasteiger partial charge on any atom is -0.496 e. The molecular formula is C13H19NO. The maximum atomic E-state index is 5.33. The van der Waals surface area contributed by atoms with Gasteiger partial charge in [0.15, 0.2) is 0 Å². The number of methoxy groups -OCH3 is 1. The zero-order valence-electron chi connectivity index (χ0n) is 9.55. The lowest BCUT2D eigenvalue weighted by atomic mass is 9.98. The second-order valence-corrected chi connectivity index (χ2v) is 4.37. The Morgan fingerprint density at radius 2 is 2.33 bits per heavy atom. The molecule has 1 saturated heterocycles. The quantitative estimate of drug-likeness (QED) is 0.816. The first kappa shape index (κ1) is 10.5. The van der Waals surface area contributed by atoms with Crippen LogP contribution in [0.5, 0.6) is 5.75 Å². The van der Waals surface area contributed by atoms with E-state index in [0.717, 1.165) is 18.2 Å². The van der Waals surface area contributed by atoms with Gasteiger partial charge in [-0.15, -0.1) is 0 Å². The van der Waals surface area contributed by atoms with Crippen LogP contribution < -0.4 is 10.1 Å². The number of hydrogen-bond donors (Lipinski definition) is 1. The molecule has 0 amide bonds. The van der Waals surface area contributed by atoms with Gasteiger partial charge in [-0.05, 0) is 56.0 Å². The Morgan fingerprint density at radius 1 is 1.47 bits per heavy atom. The summed E-state index contributed by atoms with van der Waals surface area (Å²) in [7, 11) is 1.74. The zero-order valence-corrected chi connectivity index (χ0v) is 9.55. The van der Waals surface area contributed by atoms with Crippen LogP contribution in [0.2, 0.25) is 0 Å². The molecule has 0 radical (unpaired) electrons. The molecule has 82 valence electrons. The molecule has 1 fully saturated rings. The molecule has 0 aliphatic carbocycles. The Hall–Kier alpha value is -1.02. The van der Waals surface area contributed by atoms with E-state index in [1.165, 1.54) is 30.5 Å². The Morgan fingerprint density at radius 3 is 3.00 bits per heavy atom. The Labute approximate surface area is 91.6 Å². The smallest absolute Gasteiger partial charge is 0.122 e. The van der Waals surface area contributed by atoms with Gasteiger partial charge in [-0.1, -0.05) is 12.1 Å². The average Bonchev–Trinajstić information content (AvgIpc) is 2.73. The molecule has 1 aromatic rings. The third kappa shape index (κ3) is 2.51. The molecule has 1 aromatic carbocycles. The van der Waals surface area contributed by atoms with Gasteiger partial charge < -0.3 is 10.1 Å². The van der Waals surface area contributed by atoms with E-state index in [9.17, 15) is 0 Å². The fourth-order valence-electron chi connectivity index (χ4n) is 2.21. The third-order valence-electron chi connectivity index (χ3n) is 3.16. The van der Waals surface area contributed by atoms with Crippen LogP contribution in [0.1, 0.15) is 17.5 Å². The highest BCUT2D eigenvalue weighted by atomic mass is 16.5. The summed E-state index contributed by atoms with van der Waals surface area (Å²) in [6.07, 6.45) is 2.47. The van der Waals surface area contributed by atoms with Crippen LogP contribution in [0.15, 0.2) is 18.2 Å². The first-order chi connectivity index (χ1) is 7.29. The highest BCUT2D eigenvalue weighted by Gasteiger charge is 2.15. The van der Waals surface area contributed by atoms with Crippen LogP contribution in [-0.2, 0) is 6.42 Å². The van der Waals surface area contributed by atoms with Crippen LogP contribution in [0.4, 0.5) is 0 Å². The number of ether oxygens (including phenoxy) is 1. The summed E-state index contributed by atoms with van der Waals surface area (Å²) in [4.78, 5) is 0. The molecule has 0 bridgehead atoms. The average molecular weight is 205 g/mol. The van der Waals surface area contributed by atoms with E-state index < -0.39 is 0 Å². The van der Waals surface area contributed by atoms with Crippen LogP contribution in [-0.4, -0.2) is 20.2 Å². The number of nitrogens with one attached hydrogen (secondary N) is 1. The molecule has 0 spiro atoms. The minimum absolute atomic E-state index is 0.803. The molecule has 1 heterocycles. The molecule has 1 atom stereocenters. The fourth-order valence-corrected chi connectivity index (χ4v) is 2.21. The maximum absolute atomic E-state index is 5.33. The first-order valence-corrected chi connectivity index (χ1v) is 5.64. The largest absolute Gasteiger partial charge is 0.496 e. The van der Waals surface area contributed by atoms with Crippen molar-refractivity contribution < 1.29 is 4.74 Å². The standard InChI is InChI=1S/C13H19NO/c1-10-3-4-11(8-13(10)15-2)7-12-5-6-14-9-12/h3-4,8,12,14H,5-7,9H2,1-2H3. The van der Waals surface area contributed by atoms with Gasteiger partial charge >= 0.3 is 0 Å². The lowest BCUT2D eigenvalue weighted by molar-refractivity contribution is 0.410. The van der Waals surface area contributed by atoms with Crippen LogP contribution in [0, 0.1) is 12.8 Å². The second-order valence-electron chi connectivity index (χ2n) is 4.37. The van der Waals surface area contributed by atoms with Crippen molar-refractivity contribution in [3.63, 3.8) is 0 Å². The van der Waals surface area contributed by atoms with Gasteiger partial charge in [-0.2, -0.15) is 0 Å². The summed E-state index contributed by atoms with van der Waals surface area (Å²) >= 11 is 0. The van der Waals surface area contributed by atoms with Crippen molar-refractivity contribution in [2.24, 2.45) is 5.92 Å². The molecule has 1 aliphatic rings. The van der Waals surface area contributed by atoms with Crippen LogP contribution in [0.25, 0.3) is 0 Å². The van der Waals surface area contributed by atoms with Gasteiger partial charge in [-0.25, -0.2) is 0 Å². The molecule has 15 heavy (non-hydrogen) atoms. The van der Waals surface area contributed by atoms with Gasteiger partial charge in [0.1, 0.15) is 5.75 Å². The van der Waals surface area contributed by atoms with E-state index in [1.807, 2.05) is 0 Å². The third-order valence-corrected chi connectivity index (χ3v) is 3.16. The highest BCUT2D eigenvalue weighted by Crippen LogP contribution is 2.22. The van der Waals surface area contributed by atoms with E-state index in [2.05, 4.69) is 30.4 Å². The normalized spacial score (nSPS) is 20.5. The predicted molar refractivity (Wildman–Crippen MR) is 62.4 cm³/mol. The lowest BCUT2D eigenvalue weighted by Gasteiger charge is -2.11. The SMILES string of the molecule is COc1cc(CC2CCNC2)ccc1C. The topological polar surface area (TPSA) is 21.3 Å². The molecule has 1 unspecified atom stereocenters. The van der Waals surface area contributed by atoms with Crippen molar-refractivity contribution in [2.75, 3.05) is 20.2 Å².